The van der Waals surface area contributed by atoms with Crippen molar-refractivity contribution in [2.45, 2.75) is 13.8 Å². The standard InChI is InChI=1S/C16H18N2O4S/c1-3-17(4-2)14(19)11-18-15(20)13(23-16(18)21)9-5-7-12-8-6-10-22-12/h5-10H,3-4,11H2,1-2H3/b7-5+,13-9-. The second-order valence-electron chi connectivity index (χ2n) is 4.73. The molecule has 1 saturated heterocycles. The van der Waals surface area contributed by atoms with E-state index >= 15 is 0 Å². The van der Waals surface area contributed by atoms with E-state index in [9.17, 15) is 14.4 Å². The third-order valence-electron chi connectivity index (χ3n) is 3.33. The van der Waals surface area contributed by atoms with Gasteiger partial charge in [-0.05, 0) is 49.9 Å². The molecule has 0 radical (unpaired) electrons. The molecule has 122 valence electrons. The topological polar surface area (TPSA) is 70.8 Å². The quantitative estimate of drug-likeness (QED) is 0.748. The Bertz CT molecular complexity index is 645. The number of amides is 3. The van der Waals surface area contributed by atoms with Crippen LogP contribution in [0.2, 0.25) is 0 Å². The van der Waals surface area contributed by atoms with Gasteiger partial charge >= 0.3 is 0 Å². The Balaban J connectivity index is 2.03. The molecule has 1 fully saturated rings. The van der Waals surface area contributed by atoms with Crippen molar-refractivity contribution >= 4 is 34.9 Å². The summed E-state index contributed by atoms with van der Waals surface area (Å²) in [4.78, 5) is 39.1. The summed E-state index contributed by atoms with van der Waals surface area (Å²) >= 11 is 0.834. The zero-order chi connectivity index (χ0) is 16.8. The molecule has 0 aromatic carbocycles. The molecule has 1 aromatic rings. The van der Waals surface area contributed by atoms with Gasteiger partial charge in [0.2, 0.25) is 5.91 Å². The molecule has 2 heterocycles. The van der Waals surface area contributed by atoms with Crippen molar-refractivity contribution in [1.82, 2.24) is 9.80 Å². The van der Waals surface area contributed by atoms with Crippen LogP contribution in [0.1, 0.15) is 19.6 Å². The Morgan fingerprint density at radius 3 is 2.70 bits per heavy atom. The van der Waals surface area contributed by atoms with Gasteiger partial charge in [0.05, 0.1) is 11.2 Å². The molecule has 1 aromatic heterocycles. The van der Waals surface area contributed by atoms with E-state index in [1.54, 1.807) is 41.5 Å². The Morgan fingerprint density at radius 1 is 1.35 bits per heavy atom. The van der Waals surface area contributed by atoms with Gasteiger partial charge in [-0.25, -0.2) is 0 Å². The molecular formula is C16H18N2O4S. The lowest BCUT2D eigenvalue weighted by atomic mass is 10.3. The second-order valence-corrected chi connectivity index (χ2v) is 5.72. The predicted molar refractivity (Wildman–Crippen MR) is 88.5 cm³/mol. The SMILES string of the molecule is CCN(CC)C(=O)CN1C(=O)S/C(=C\C=C\c2ccco2)C1=O. The lowest BCUT2D eigenvalue weighted by Crippen LogP contribution is -2.41. The third kappa shape index (κ3) is 4.13. The third-order valence-corrected chi connectivity index (χ3v) is 4.26. The van der Waals surface area contributed by atoms with Crippen molar-refractivity contribution in [3.05, 3.63) is 41.2 Å². The second kappa shape index (κ2) is 7.82. The fraction of sp³-hybridized carbons (Fsp3) is 0.312. The molecule has 0 bridgehead atoms. The van der Waals surface area contributed by atoms with Crippen LogP contribution in [0.4, 0.5) is 4.79 Å². The summed E-state index contributed by atoms with van der Waals surface area (Å²) in [5.41, 5.74) is 0. The number of carbonyl (C=O) groups excluding carboxylic acids is 3. The highest BCUT2D eigenvalue weighted by Crippen LogP contribution is 2.30. The monoisotopic (exact) mass is 334 g/mol. The van der Waals surface area contributed by atoms with Crippen molar-refractivity contribution in [3.63, 3.8) is 0 Å². The van der Waals surface area contributed by atoms with Crippen molar-refractivity contribution in [2.75, 3.05) is 19.6 Å². The molecule has 6 nitrogen and oxygen atoms in total. The number of thioether (sulfide) groups is 1. The van der Waals surface area contributed by atoms with E-state index in [4.69, 9.17) is 4.42 Å². The first-order chi connectivity index (χ1) is 11.1. The molecule has 3 amide bonds. The first-order valence-corrected chi connectivity index (χ1v) is 8.11. The molecule has 2 rings (SSSR count). The largest absolute Gasteiger partial charge is 0.465 e. The summed E-state index contributed by atoms with van der Waals surface area (Å²) in [6.07, 6.45) is 6.43. The van der Waals surface area contributed by atoms with Gasteiger partial charge in [0.15, 0.2) is 0 Å². The van der Waals surface area contributed by atoms with Gasteiger partial charge in [-0.3, -0.25) is 19.3 Å². The average molecular weight is 334 g/mol. The summed E-state index contributed by atoms with van der Waals surface area (Å²) in [6.45, 7) is 4.59. The summed E-state index contributed by atoms with van der Waals surface area (Å²) in [6, 6.07) is 3.53. The minimum absolute atomic E-state index is 0.217. The van der Waals surface area contributed by atoms with E-state index in [1.807, 2.05) is 13.8 Å². The van der Waals surface area contributed by atoms with Crippen LogP contribution in [0.3, 0.4) is 0 Å². The zero-order valence-corrected chi connectivity index (χ0v) is 13.8. The molecule has 0 aliphatic carbocycles. The molecule has 0 spiro atoms. The number of hydrogen-bond donors (Lipinski definition) is 0. The van der Waals surface area contributed by atoms with Crippen molar-refractivity contribution in [2.24, 2.45) is 0 Å². The van der Waals surface area contributed by atoms with Gasteiger partial charge in [-0.2, -0.15) is 0 Å². The maximum absolute atomic E-state index is 12.2. The van der Waals surface area contributed by atoms with Crippen molar-refractivity contribution < 1.29 is 18.8 Å². The van der Waals surface area contributed by atoms with E-state index in [0.717, 1.165) is 16.7 Å². The maximum Gasteiger partial charge on any atom is 0.294 e. The fourth-order valence-electron chi connectivity index (χ4n) is 2.08. The molecule has 0 saturated carbocycles. The predicted octanol–water partition coefficient (Wildman–Crippen LogP) is 2.74. The average Bonchev–Trinajstić information content (AvgIpc) is 3.13. The smallest absolute Gasteiger partial charge is 0.294 e. The normalized spacial score (nSPS) is 16.8. The van der Waals surface area contributed by atoms with Crippen LogP contribution in [0.25, 0.3) is 6.08 Å². The molecule has 0 unspecified atom stereocenters. The van der Waals surface area contributed by atoms with Gasteiger partial charge < -0.3 is 9.32 Å². The lowest BCUT2D eigenvalue weighted by molar-refractivity contribution is -0.135. The van der Waals surface area contributed by atoms with Gasteiger partial charge in [0, 0.05) is 13.1 Å². The van der Waals surface area contributed by atoms with Crippen LogP contribution < -0.4 is 0 Å². The number of rotatable bonds is 6. The molecule has 7 heteroatoms. The molecular weight excluding hydrogens is 316 g/mol. The summed E-state index contributed by atoms with van der Waals surface area (Å²) < 4.78 is 5.14. The number of likely N-dealkylation sites (N-methyl/N-ethyl adjacent to an activating group) is 1. The van der Waals surface area contributed by atoms with Crippen LogP contribution in [0.5, 0.6) is 0 Å². The molecule has 0 atom stereocenters. The van der Waals surface area contributed by atoms with Crippen LogP contribution in [-0.2, 0) is 9.59 Å². The highest BCUT2D eigenvalue weighted by molar-refractivity contribution is 8.18. The molecule has 1 aliphatic rings. The van der Waals surface area contributed by atoms with Crippen molar-refractivity contribution in [1.29, 1.82) is 0 Å². The van der Waals surface area contributed by atoms with Gasteiger partial charge in [0.25, 0.3) is 11.1 Å². The van der Waals surface area contributed by atoms with Gasteiger partial charge in [-0.1, -0.05) is 6.08 Å². The number of nitrogens with zero attached hydrogens (tertiary/aromatic N) is 2. The number of allylic oxidation sites excluding steroid dienone is 2. The highest BCUT2D eigenvalue weighted by Gasteiger charge is 2.36. The molecule has 0 N–H and O–H groups in total. The Kier molecular flexibility index (Phi) is 5.81. The summed E-state index contributed by atoms with van der Waals surface area (Å²) in [7, 11) is 0. The van der Waals surface area contributed by atoms with Gasteiger partial charge in [-0.15, -0.1) is 0 Å². The Morgan fingerprint density at radius 2 is 2.09 bits per heavy atom. The number of furan rings is 1. The first-order valence-electron chi connectivity index (χ1n) is 7.30. The molecule has 1 aliphatic heterocycles. The van der Waals surface area contributed by atoms with E-state index in [2.05, 4.69) is 0 Å². The van der Waals surface area contributed by atoms with E-state index in [1.165, 1.54) is 0 Å². The van der Waals surface area contributed by atoms with E-state index in [0.29, 0.717) is 23.8 Å². The summed E-state index contributed by atoms with van der Waals surface area (Å²) in [5, 5.41) is -0.423. The van der Waals surface area contributed by atoms with Crippen LogP contribution >= 0.6 is 11.8 Å². The Hall–Kier alpha value is -2.28. The van der Waals surface area contributed by atoms with Gasteiger partial charge in [0.1, 0.15) is 12.3 Å². The number of carbonyl (C=O) groups is 3. The molecule has 23 heavy (non-hydrogen) atoms. The van der Waals surface area contributed by atoms with Crippen LogP contribution in [0, 0.1) is 0 Å². The lowest BCUT2D eigenvalue weighted by Gasteiger charge is -2.21. The minimum Gasteiger partial charge on any atom is -0.465 e. The van der Waals surface area contributed by atoms with Crippen molar-refractivity contribution in [3.8, 4) is 0 Å². The number of imide groups is 1. The Labute approximate surface area is 138 Å². The van der Waals surface area contributed by atoms with E-state index in [-0.39, 0.29) is 12.5 Å². The summed E-state index contributed by atoms with van der Waals surface area (Å²) in [5.74, 6) is -0.0218. The van der Waals surface area contributed by atoms with Crippen LogP contribution in [0.15, 0.2) is 39.9 Å². The maximum atomic E-state index is 12.2. The zero-order valence-electron chi connectivity index (χ0n) is 13.0. The highest BCUT2D eigenvalue weighted by atomic mass is 32.2. The minimum atomic E-state index is -0.440. The number of hydrogen-bond acceptors (Lipinski definition) is 5. The van der Waals surface area contributed by atoms with Crippen LogP contribution in [-0.4, -0.2) is 46.5 Å². The first kappa shape index (κ1) is 17.1. The fourth-order valence-corrected chi connectivity index (χ4v) is 2.87. The van der Waals surface area contributed by atoms with E-state index < -0.39 is 11.1 Å².